The molecule has 1 aliphatic heterocycles. The molecule has 1 heterocycles. The highest BCUT2D eigenvalue weighted by Crippen LogP contribution is 2.32. The zero-order valence-electron chi connectivity index (χ0n) is 15.3. The fraction of sp³-hybridized carbons (Fsp3) is 0.556. The zero-order valence-corrected chi connectivity index (χ0v) is 15.3. The van der Waals surface area contributed by atoms with Crippen LogP contribution in [0.4, 0.5) is 22.4 Å². The van der Waals surface area contributed by atoms with E-state index in [0.717, 1.165) is 6.07 Å². The van der Waals surface area contributed by atoms with E-state index in [-0.39, 0.29) is 24.7 Å². The number of carbonyl (C=O) groups excluding carboxylic acids is 2. The predicted molar refractivity (Wildman–Crippen MR) is 89.7 cm³/mol. The highest BCUT2D eigenvalue weighted by Gasteiger charge is 2.35. The molecule has 5 nitrogen and oxygen atoms in total. The summed E-state index contributed by atoms with van der Waals surface area (Å²) in [4.78, 5) is 25.6. The third kappa shape index (κ3) is 5.83. The number of benzene rings is 1. The SMILES string of the molecule is CC(C)(C)OC(=O)NC1CCN(C(=O)c2ccc(F)c(C(F)(F)F)c2)CC1. The van der Waals surface area contributed by atoms with Crippen LogP contribution in [0.1, 0.15) is 49.5 Å². The second-order valence-corrected chi connectivity index (χ2v) is 7.41. The molecule has 150 valence electrons. The maximum absolute atomic E-state index is 13.4. The van der Waals surface area contributed by atoms with Crippen molar-refractivity contribution in [3.05, 3.63) is 35.1 Å². The summed E-state index contributed by atoms with van der Waals surface area (Å²) in [5, 5.41) is 2.71. The normalized spacial score (nSPS) is 16.2. The molecule has 1 aromatic rings. The van der Waals surface area contributed by atoms with Crippen LogP contribution in [0.5, 0.6) is 0 Å². The summed E-state index contributed by atoms with van der Waals surface area (Å²) in [6.07, 6.45) is -4.54. The topological polar surface area (TPSA) is 58.6 Å². The Morgan fingerprint density at radius 2 is 1.74 bits per heavy atom. The Balaban J connectivity index is 1.96. The number of hydrogen-bond donors (Lipinski definition) is 1. The van der Waals surface area contributed by atoms with E-state index in [1.54, 1.807) is 20.8 Å². The number of alkyl carbamates (subject to hydrolysis) is 1. The minimum absolute atomic E-state index is 0.192. The van der Waals surface area contributed by atoms with Gasteiger partial charge in [0, 0.05) is 24.7 Å². The monoisotopic (exact) mass is 390 g/mol. The largest absolute Gasteiger partial charge is 0.444 e. The van der Waals surface area contributed by atoms with E-state index in [4.69, 9.17) is 4.74 Å². The molecule has 0 unspecified atom stereocenters. The van der Waals surface area contributed by atoms with Gasteiger partial charge in [-0.1, -0.05) is 0 Å². The van der Waals surface area contributed by atoms with Gasteiger partial charge in [-0.05, 0) is 51.8 Å². The number of hydrogen-bond acceptors (Lipinski definition) is 3. The van der Waals surface area contributed by atoms with E-state index in [2.05, 4.69) is 5.32 Å². The van der Waals surface area contributed by atoms with Gasteiger partial charge in [0.1, 0.15) is 11.4 Å². The average Bonchev–Trinajstić information content (AvgIpc) is 2.52. The van der Waals surface area contributed by atoms with Crippen LogP contribution in [0, 0.1) is 5.82 Å². The molecule has 2 amide bonds. The van der Waals surface area contributed by atoms with Crippen molar-refractivity contribution in [1.29, 1.82) is 0 Å². The first-order valence-corrected chi connectivity index (χ1v) is 8.52. The molecule has 0 atom stereocenters. The molecular formula is C18H22F4N2O3. The number of nitrogens with one attached hydrogen (secondary N) is 1. The Kier molecular flexibility index (Phi) is 6.01. The first kappa shape index (κ1) is 21.0. The van der Waals surface area contributed by atoms with Gasteiger partial charge in [0.15, 0.2) is 0 Å². The summed E-state index contributed by atoms with van der Waals surface area (Å²) >= 11 is 0. The fourth-order valence-corrected chi connectivity index (χ4v) is 2.76. The number of carbonyl (C=O) groups is 2. The molecule has 1 aromatic carbocycles. The zero-order chi connectivity index (χ0) is 20.4. The van der Waals surface area contributed by atoms with Gasteiger partial charge in [0.2, 0.25) is 0 Å². The van der Waals surface area contributed by atoms with Crippen molar-refractivity contribution < 1.29 is 31.9 Å². The van der Waals surface area contributed by atoms with E-state index in [0.29, 0.717) is 25.0 Å². The number of piperidine rings is 1. The molecule has 2 rings (SSSR count). The molecule has 1 saturated heterocycles. The van der Waals surface area contributed by atoms with E-state index in [1.807, 2.05) is 0 Å². The lowest BCUT2D eigenvalue weighted by atomic mass is 10.0. The Morgan fingerprint density at radius 3 is 2.26 bits per heavy atom. The van der Waals surface area contributed by atoms with Crippen molar-refractivity contribution in [3.63, 3.8) is 0 Å². The second-order valence-electron chi connectivity index (χ2n) is 7.41. The molecule has 0 bridgehead atoms. The van der Waals surface area contributed by atoms with Crippen LogP contribution in [0.15, 0.2) is 18.2 Å². The van der Waals surface area contributed by atoms with Crippen LogP contribution >= 0.6 is 0 Å². The van der Waals surface area contributed by atoms with Gasteiger partial charge in [0.05, 0.1) is 5.56 Å². The molecule has 0 radical (unpaired) electrons. The summed E-state index contributed by atoms with van der Waals surface area (Å²) in [7, 11) is 0. The Labute approximate surface area is 154 Å². The lowest BCUT2D eigenvalue weighted by Gasteiger charge is -2.33. The van der Waals surface area contributed by atoms with Crippen molar-refractivity contribution in [2.24, 2.45) is 0 Å². The van der Waals surface area contributed by atoms with Gasteiger partial charge < -0.3 is 15.0 Å². The summed E-state index contributed by atoms with van der Waals surface area (Å²) in [6, 6.07) is 2.02. The maximum atomic E-state index is 13.4. The minimum Gasteiger partial charge on any atom is -0.444 e. The van der Waals surface area contributed by atoms with Crippen molar-refractivity contribution in [2.45, 2.75) is 51.4 Å². The molecule has 1 aliphatic rings. The molecule has 1 N–H and O–H groups in total. The molecule has 0 spiro atoms. The van der Waals surface area contributed by atoms with E-state index in [9.17, 15) is 27.2 Å². The molecule has 0 aliphatic carbocycles. The molecule has 1 fully saturated rings. The third-order valence-corrected chi connectivity index (χ3v) is 4.02. The molecule has 9 heteroatoms. The molecule has 27 heavy (non-hydrogen) atoms. The van der Waals surface area contributed by atoms with Crippen molar-refractivity contribution in [3.8, 4) is 0 Å². The van der Waals surface area contributed by atoms with Crippen molar-refractivity contribution in [1.82, 2.24) is 10.2 Å². The van der Waals surface area contributed by atoms with Gasteiger partial charge >= 0.3 is 12.3 Å². The number of likely N-dealkylation sites (tertiary alicyclic amines) is 1. The van der Waals surface area contributed by atoms with Gasteiger partial charge in [-0.25, -0.2) is 9.18 Å². The predicted octanol–water partition coefficient (Wildman–Crippen LogP) is 3.97. The fourth-order valence-electron chi connectivity index (χ4n) is 2.76. The maximum Gasteiger partial charge on any atom is 0.419 e. The summed E-state index contributed by atoms with van der Waals surface area (Å²) < 4.78 is 57.0. The number of ether oxygens (including phenoxy) is 1. The van der Waals surface area contributed by atoms with Crippen LogP contribution in [0.3, 0.4) is 0 Å². The van der Waals surface area contributed by atoms with Crippen molar-refractivity contribution in [2.75, 3.05) is 13.1 Å². The third-order valence-electron chi connectivity index (χ3n) is 4.02. The molecular weight excluding hydrogens is 368 g/mol. The molecule has 0 saturated carbocycles. The number of nitrogens with zero attached hydrogens (tertiary/aromatic N) is 1. The Bertz CT molecular complexity index is 706. The van der Waals surface area contributed by atoms with Crippen LogP contribution in [-0.4, -0.2) is 41.6 Å². The van der Waals surface area contributed by atoms with E-state index >= 15 is 0 Å². The first-order chi connectivity index (χ1) is 12.4. The highest BCUT2D eigenvalue weighted by molar-refractivity contribution is 5.94. The minimum atomic E-state index is -4.87. The first-order valence-electron chi connectivity index (χ1n) is 8.52. The number of amides is 2. The lowest BCUT2D eigenvalue weighted by Crippen LogP contribution is -2.47. The smallest absolute Gasteiger partial charge is 0.419 e. The summed E-state index contributed by atoms with van der Waals surface area (Å²) in [5.74, 6) is -2.02. The number of alkyl halides is 3. The quantitative estimate of drug-likeness (QED) is 0.778. The van der Waals surface area contributed by atoms with E-state index in [1.165, 1.54) is 4.90 Å². The van der Waals surface area contributed by atoms with Gasteiger partial charge in [0.25, 0.3) is 5.91 Å². The standard InChI is InChI=1S/C18H22F4N2O3/c1-17(2,3)27-16(26)23-12-6-8-24(9-7-12)15(25)11-4-5-14(19)13(10-11)18(20,21)22/h4-5,10,12H,6-9H2,1-3H3,(H,23,26). The summed E-state index contributed by atoms with van der Waals surface area (Å²) in [5.41, 5.74) is -2.31. The van der Waals surface area contributed by atoms with Gasteiger partial charge in [-0.3, -0.25) is 4.79 Å². The van der Waals surface area contributed by atoms with Crippen LogP contribution in [0.25, 0.3) is 0 Å². The second kappa shape index (κ2) is 7.74. The van der Waals surface area contributed by atoms with Crippen LogP contribution < -0.4 is 5.32 Å². The lowest BCUT2D eigenvalue weighted by molar-refractivity contribution is -0.140. The number of rotatable bonds is 2. The Morgan fingerprint density at radius 1 is 1.15 bits per heavy atom. The van der Waals surface area contributed by atoms with Gasteiger partial charge in [-0.2, -0.15) is 13.2 Å². The molecule has 0 aromatic heterocycles. The highest BCUT2D eigenvalue weighted by atomic mass is 19.4. The van der Waals surface area contributed by atoms with E-state index < -0.39 is 35.2 Å². The van der Waals surface area contributed by atoms with Crippen molar-refractivity contribution >= 4 is 12.0 Å². The summed E-state index contributed by atoms with van der Waals surface area (Å²) in [6.45, 7) is 5.75. The average molecular weight is 390 g/mol. The Hall–Kier alpha value is -2.32. The number of halogens is 4. The van der Waals surface area contributed by atoms with Crippen LogP contribution in [-0.2, 0) is 10.9 Å². The van der Waals surface area contributed by atoms with Gasteiger partial charge in [-0.15, -0.1) is 0 Å². The van der Waals surface area contributed by atoms with Crippen LogP contribution in [0.2, 0.25) is 0 Å².